The molecule has 0 bridgehead atoms. The molecule has 4 aromatic carbocycles. The first-order valence-electron chi connectivity index (χ1n) is 11.8. The fourth-order valence-electron chi connectivity index (χ4n) is 4.06. The molecule has 0 aliphatic heterocycles. The first kappa shape index (κ1) is 24.2. The van der Waals surface area contributed by atoms with Gasteiger partial charge in [-0.3, -0.25) is 4.79 Å². The lowest BCUT2D eigenvalue weighted by molar-refractivity contribution is 0.304. The number of rotatable bonds is 6. The normalized spacial score (nSPS) is 11.5. The Morgan fingerprint density at radius 3 is 2.58 bits per heavy atom. The van der Waals surface area contributed by atoms with E-state index in [-0.39, 0.29) is 5.56 Å². The van der Waals surface area contributed by atoms with Gasteiger partial charge in [0.25, 0.3) is 5.56 Å². The van der Waals surface area contributed by atoms with Gasteiger partial charge in [-0.25, -0.2) is 4.98 Å². The summed E-state index contributed by atoms with van der Waals surface area (Å²) in [6.07, 6.45) is 1.61. The summed E-state index contributed by atoms with van der Waals surface area (Å²) in [5.41, 5.74) is 2.77. The smallest absolute Gasteiger partial charge is 0.282 e. The van der Waals surface area contributed by atoms with E-state index in [1.807, 2.05) is 78.9 Å². The zero-order chi connectivity index (χ0) is 26.1. The van der Waals surface area contributed by atoms with E-state index in [4.69, 9.17) is 25.7 Å². The molecule has 8 heteroatoms. The minimum atomic E-state index is -0.288. The second kappa shape index (κ2) is 10.3. The maximum atomic E-state index is 13.5. The highest BCUT2D eigenvalue weighted by Gasteiger charge is 2.16. The number of ether oxygens (including phenoxy) is 1. The van der Waals surface area contributed by atoms with Crippen molar-refractivity contribution in [1.82, 2.24) is 9.66 Å². The monoisotopic (exact) mass is 583 g/mol. The van der Waals surface area contributed by atoms with Gasteiger partial charge in [0.2, 0.25) is 5.82 Å². The Hall–Kier alpha value is -4.20. The summed E-state index contributed by atoms with van der Waals surface area (Å²) in [5.74, 6) is 1.46. The maximum absolute atomic E-state index is 13.5. The Morgan fingerprint density at radius 2 is 1.76 bits per heavy atom. The lowest BCUT2D eigenvalue weighted by Gasteiger charge is -2.09. The fourth-order valence-corrected chi connectivity index (χ4v) is 4.70. The summed E-state index contributed by atoms with van der Waals surface area (Å²) in [6.45, 7) is 0.405. The topological polar surface area (TPSA) is 69.6 Å². The van der Waals surface area contributed by atoms with Crippen LogP contribution in [0, 0.1) is 0 Å². The predicted octanol–water partition coefficient (Wildman–Crippen LogP) is 7.69. The largest absolute Gasteiger partial charge is 0.488 e. The summed E-state index contributed by atoms with van der Waals surface area (Å²) >= 11 is 9.53. The molecular formula is C30H19BrClN3O3. The summed E-state index contributed by atoms with van der Waals surface area (Å²) < 4.78 is 14.0. The van der Waals surface area contributed by atoms with E-state index in [1.54, 1.807) is 24.4 Å². The average Bonchev–Trinajstić information content (AvgIpc) is 3.37. The van der Waals surface area contributed by atoms with Crippen LogP contribution in [-0.2, 0) is 6.61 Å². The van der Waals surface area contributed by atoms with E-state index in [1.165, 1.54) is 4.68 Å². The second-order valence-corrected chi connectivity index (χ2v) is 9.86. The summed E-state index contributed by atoms with van der Waals surface area (Å²) in [4.78, 5) is 18.2. The van der Waals surface area contributed by atoms with Gasteiger partial charge in [-0.1, -0.05) is 54.1 Å². The number of hydrogen-bond acceptors (Lipinski definition) is 5. The molecular weight excluding hydrogens is 566 g/mol. The molecule has 2 heterocycles. The van der Waals surface area contributed by atoms with Crippen LogP contribution in [0.5, 0.6) is 5.75 Å². The molecule has 6 aromatic rings. The van der Waals surface area contributed by atoms with Crippen LogP contribution in [0.1, 0.15) is 11.1 Å². The number of fused-ring (bicyclic) bond motifs is 2. The molecule has 2 aromatic heterocycles. The quantitative estimate of drug-likeness (QED) is 0.188. The minimum Gasteiger partial charge on any atom is -0.488 e. The van der Waals surface area contributed by atoms with Gasteiger partial charge in [-0.15, -0.1) is 0 Å². The van der Waals surface area contributed by atoms with Crippen LogP contribution in [0.25, 0.3) is 33.5 Å². The molecule has 0 spiro atoms. The number of halogens is 2. The van der Waals surface area contributed by atoms with E-state index < -0.39 is 0 Å². The van der Waals surface area contributed by atoms with Gasteiger partial charge in [0, 0.05) is 10.4 Å². The molecule has 0 N–H and O–H groups in total. The standard InChI is InChI=1S/C30H19BrClN3O3/c31-24-15-20(11-14-27(24)37-18-19-9-12-22(32)13-10-19)17-33-35-29(28-16-21-5-1-4-8-26(21)38-28)34-25-7-3-2-6-23(25)30(35)36/h1-17H,18H2. The van der Waals surface area contributed by atoms with Crippen LogP contribution >= 0.6 is 27.5 Å². The Morgan fingerprint density at radius 1 is 0.974 bits per heavy atom. The summed E-state index contributed by atoms with van der Waals surface area (Å²) in [6, 6.07) is 29.8. The van der Waals surface area contributed by atoms with Crippen LogP contribution in [0.4, 0.5) is 0 Å². The van der Waals surface area contributed by atoms with Crippen molar-refractivity contribution in [2.75, 3.05) is 0 Å². The number of furan rings is 1. The zero-order valence-electron chi connectivity index (χ0n) is 19.8. The Balaban J connectivity index is 1.34. The van der Waals surface area contributed by atoms with Crippen molar-refractivity contribution in [3.8, 4) is 17.3 Å². The number of para-hydroxylation sites is 2. The highest BCUT2D eigenvalue weighted by atomic mass is 79.9. The van der Waals surface area contributed by atoms with E-state index in [2.05, 4.69) is 21.0 Å². The van der Waals surface area contributed by atoms with Crippen molar-refractivity contribution in [2.24, 2.45) is 5.10 Å². The number of nitrogens with zero attached hydrogens (tertiary/aromatic N) is 3. The molecule has 0 atom stereocenters. The lowest BCUT2D eigenvalue weighted by atomic mass is 10.2. The number of aromatic nitrogens is 2. The van der Waals surface area contributed by atoms with Crippen LogP contribution < -0.4 is 10.3 Å². The molecule has 186 valence electrons. The molecule has 0 fully saturated rings. The maximum Gasteiger partial charge on any atom is 0.282 e. The third-order valence-electron chi connectivity index (χ3n) is 5.99. The summed E-state index contributed by atoms with van der Waals surface area (Å²) in [7, 11) is 0. The zero-order valence-corrected chi connectivity index (χ0v) is 22.2. The van der Waals surface area contributed by atoms with Crippen LogP contribution in [0.15, 0.2) is 116 Å². The molecule has 0 saturated carbocycles. The second-order valence-electron chi connectivity index (χ2n) is 8.57. The molecule has 0 aliphatic carbocycles. The Labute approximate surface area is 230 Å². The van der Waals surface area contributed by atoms with Crippen molar-refractivity contribution >= 4 is 55.6 Å². The van der Waals surface area contributed by atoms with Crippen LogP contribution in [0.3, 0.4) is 0 Å². The van der Waals surface area contributed by atoms with Crippen molar-refractivity contribution < 1.29 is 9.15 Å². The highest BCUT2D eigenvalue weighted by molar-refractivity contribution is 9.10. The van der Waals surface area contributed by atoms with E-state index in [9.17, 15) is 4.79 Å². The molecule has 0 radical (unpaired) electrons. The Kier molecular flexibility index (Phi) is 6.54. The van der Waals surface area contributed by atoms with Gasteiger partial charge < -0.3 is 9.15 Å². The first-order valence-corrected chi connectivity index (χ1v) is 12.9. The van der Waals surface area contributed by atoms with Crippen molar-refractivity contribution in [3.63, 3.8) is 0 Å². The van der Waals surface area contributed by atoms with Crippen molar-refractivity contribution in [3.05, 3.63) is 128 Å². The van der Waals surface area contributed by atoms with Crippen molar-refractivity contribution in [2.45, 2.75) is 6.61 Å². The van der Waals surface area contributed by atoms with Gasteiger partial charge in [0.15, 0.2) is 5.76 Å². The average molecular weight is 585 g/mol. The Bertz CT molecular complexity index is 1840. The molecule has 38 heavy (non-hydrogen) atoms. The fraction of sp³-hybridized carbons (Fsp3) is 0.0333. The third-order valence-corrected chi connectivity index (χ3v) is 6.86. The predicted molar refractivity (Wildman–Crippen MR) is 154 cm³/mol. The molecule has 6 nitrogen and oxygen atoms in total. The molecule has 0 aliphatic rings. The number of benzene rings is 4. The van der Waals surface area contributed by atoms with Gasteiger partial charge in [-0.05, 0) is 81.7 Å². The van der Waals surface area contributed by atoms with E-state index in [0.29, 0.717) is 45.4 Å². The molecule has 0 saturated heterocycles. The van der Waals surface area contributed by atoms with Gasteiger partial charge in [-0.2, -0.15) is 9.78 Å². The first-order chi connectivity index (χ1) is 18.5. The van der Waals surface area contributed by atoms with Gasteiger partial charge in [0.05, 0.1) is 21.6 Å². The van der Waals surface area contributed by atoms with Crippen LogP contribution in [0.2, 0.25) is 5.02 Å². The molecule has 0 unspecified atom stereocenters. The van der Waals surface area contributed by atoms with Gasteiger partial charge >= 0.3 is 0 Å². The molecule has 6 rings (SSSR count). The minimum absolute atomic E-state index is 0.288. The third kappa shape index (κ3) is 4.86. The lowest BCUT2D eigenvalue weighted by Crippen LogP contribution is -2.20. The SMILES string of the molecule is O=c1c2ccccc2nc(-c2cc3ccccc3o2)n1N=Cc1ccc(OCc2ccc(Cl)cc2)c(Br)c1. The van der Waals surface area contributed by atoms with Crippen molar-refractivity contribution in [1.29, 1.82) is 0 Å². The number of hydrogen-bond donors (Lipinski definition) is 0. The van der Waals surface area contributed by atoms with Gasteiger partial charge in [0.1, 0.15) is 17.9 Å². The molecule has 0 amide bonds. The van der Waals surface area contributed by atoms with E-state index >= 15 is 0 Å². The van der Waals surface area contributed by atoms with Crippen LogP contribution in [-0.4, -0.2) is 15.9 Å². The summed E-state index contributed by atoms with van der Waals surface area (Å²) in [5, 5.41) is 6.60. The van der Waals surface area contributed by atoms with E-state index in [0.717, 1.165) is 21.0 Å². The highest BCUT2D eigenvalue weighted by Crippen LogP contribution is 2.28.